The highest BCUT2D eigenvalue weighted by molar-refractivity contribution is 4.45. The highest BCUT2D eigenvalue weighted by atomic mass is 14.9. The van der Waals surface area contributed by atoms with Crippen LogP contribution in [0.4, 0.5) is 0 Å². The maximum absolute atomic E-state index is 5.17. The Hall–Kier alpha value is -0.120. The quantitative estimate of drug-likeness (QED) is 0.510. The predicted molar refractivity (Wildman–Crippen MR) is 51.2 cm³/mol. The molecule has 68 valence electrons. The van der Waals surface area contributed by atoms with Gasteiger partial charge in [-0.1, -0.05) is 22.3 Å². The van der Waals surface area contributed by atoms with Crippen LogP contribution in [-0.2, 0) is 0 Å². The van der Waals surface area contributed by atoms with Gasteiger partial charge in [-0.2, -0.15) is 0 Å². The Morgan fingerprint density at radius 2 is 1.10 bits per heavy atom. The lowest BCUT2D eigenvalue weighted by atomic mass is 10.6. The molecule has 0 bridgehead atoms. The third-order valence-corrected chi connectivity index (χ3v) is 0.642. The normalized spacial score (nSPS) is 6.60. The van der Waals surface area contributed by atoms with Crippen LogP contribution in [0.1, 0.15) is 22.3 Å². The maximum atomic E-state index is 5.17. The fourth-order valence-electron chi connectivity index (χ4n) is 0.329. The van der Waals surface area contributed by atoms with Gasteiger partial charge in [-0.3, -0.25) is 0 Å². The van der Waals surface area contributed by atoms with Crippen molar-refractivity contribution in [2.75, 3.05) is 26.2 Å². The first-order valence-corrected chi connectivity index (χ1v) is 2.52. The van der Waals surface area contributed by atoms with E-state index in [-0.39, 0.29) is 22.3 Å². The van der Waals surface area contributed by atoms with Gasteiger partial charge in [0.2, 0.25) is 0 Å². The molecule has 0 unspecified atom stereocenters. The molecule has 0 aromatic rings. The zero-order valence-electron chi connectivity index (χ0n) is 4.48. The second kappa shape index (κ2) is 23.2. The van der Waals surface area contributed by atoms with E-state index in [1.165, 1.54) is 0 Å². The summed E-state index contributed by atoms with van der Waals surface area (Å²) in [5, 5.41) is 3.03. The van der Waals surface area contributed by atoms with Crippen molar-refractivity contribution in [3.63, 3.8) is 0 Å². The van der Waals surface area contributed by atoms with Crippen LogP contribution in [-0.4, -0.2) is 26.2 Å². The molecule has 0 heterocycles. The zero-order chi connectivity index (χ0) is 5.54. The van der Waals surface area contributed by atoms with E-state index in [0.29, 0.717) is 13.1 Å². The smallest absolute Gasteiger partial charge is 0.00750 e. The van der Waals surface area contributed by atoms with Crippen molar-refractivity contribution >= 4 is 0 Å². The third kappa shape index (κ3) is 24.8. The van der Waals surface area contributed by atoms with Crippen molar-refractivity contribution in [3.8, 4) is 0 Å². The second-order valence-electron chi connectivity index (χ2n) is 1.33. The first kappa shape index (κ1) is 22.5. The van der Waals surface area contributed by atoms with Gasteiger partial charge < -0.3 is 16.8 Å². The Balaban J connectivity index is -0.0000000600. The molecule has 0 aromatic heterocycles. The molecule has 3 heteroatoms. The number of nitrogens with two attached hydrogens (primary N) is 2. The second-order valence-corrected chi connectivity index (χ2v) is 1.33. The van der Waals surface area contributed by atoms with Gasteiger partial charge in [-0.05, 0) is 0 Å². The monoisotopic (exact) mass is 151 g/mol. The van der Waals surface area contributed by atoms with Gasteiger partial charge in [-0.15, -0.1) is 0 Å². The summed E-state index contributed by atoms with van der Waals surface area (Å²) in [7, 11) is 0. The highest BCUT2D eigenvalue weighted by Gasteiger charge is 1.76. The van der Waals surface area contributed by atoms with Gasteiger partial charge in [0.1, 0.15) is 0 Å². The minimum atomic E-state index is 0. The van der Waals surface area contributed by atoms with Gasteiger partial charge in [0, 0.05) is 26.2 Å². The van der Waals surface area contributed by atoms with Crippen molar-refractivity contribution in [2.45, 2.75) is 22.3 Å². The van der Waals surface area contributed by atoms with Gasteiger partial charge in [0.05, 0.1) is 0 Å². The molecule has 5 N–H and O–H groups in total. The number of hydrogen-bond donors (Lipinski definition) is 3. The molecule has 0 aliphatic heterocycles. The molecular weight excluding hydrogens is 126 g/mol. The summed E-state index contributed by atoms with van der Waals surface area (Å²) < 4.78 is 0. The molecule has 3 nitrogen and oxygen atoms in total. The largest absolute Gasteiger partial charge is 0.329 e. The van der Waals surface area contributed by atoms with E-state index >= 15 is 0 Å². The average molecular weight is 151 g/mol. The number of nitrogens with one attached hydrogen (secondary N) is 1. The Morgan fingerprint density at radius 3 is 1.30 bits per heavy atom. The molecule has 0 saturated heterocycles. The summed E-state index contributed by atoms with van der Waals surface area (Å²) >= 11 is 0. The third-order valence-electron chi connectivity index (χ3n) is 0.642. The van der Waals surface area contributed by atoms with Crippen LogP contribution >= 0.6 is 0 Å². The van der Waals surface area contributed by atoms with E-state index in [1.54, 1.807) is 0 Å². The molecule has 0 atom stereocenters. The van der Waals surface area contributed by atoms with Crippen LogP contribution in [0.5, 0.6) is 0 Å². The molecule has 0 spiro atoms. The lowest BCUT2D eigenvalue weighted by molar-refractivity contribution is 0.696. The maximum Gasteiger partial charge on any atom is 0.00750 e. The first-order chi connectivity index (χ1) is 3.41. The van der Waals surface area contributed by atoms with Gasteiger partial charge in [-0.25, -0.2) is 0 Å². The van der Waals surface area contributed by atoms with Crippen LogP contribution in [0.2, 0.25) is 0 Å². The Bertz CT molecular complexity index is 28.0. The van der Waals surface area contributed by atoms with E-state index in [1.807, 2.05) is 0 Å². The highest BCUT2D eigenvalue weighted by Crippen LogP contribution is 1.49. The van der Waals surface area contributed by atoms with E-state index < -0.39 is 0 Å². The van der Waals surface area contributed by atoms with Gasteiger partial charge in [0.25, 0.3) is 0 Å². The summed E-state index contributed by atoms with van der Waals surface area (Å²) in [5.41, 5.74) is 10.3. The molecule has 0 fully saturated rings. The molecule has 0 rings (SSSR count). The fraction of sp³-hybridized carbons (Fsp3) is 1.00. The average Bonchev–Trinajstić information content (AvgIpc) is 1.69. The zero-order valence-corrected chi connectivity index (χ0v) is 4.48. The van der Waals surface area contributed by atoms with E-state index in [9.17, 15) is 0 Å². The molecule has 0 radical (unpaired) electrons. The molecule has 0 aliphatic carbocycles. The molecule has 0 saturated carbocycles. The van der Waals surface area contributed by atoms with Crippen molar-refractivity contribution in [2.24, 2.45) is 11.5 Å². The lowest BCUT2D eigenvalue weighted by Crippen LogP contribution is -2.27. The fourth-order valence-corrected chi connectivity index (χ4v) is 0.329. The Morgan fingerprint density at radius 1 is 0.800 bits per heavy atom. The summed E-state index contributed by atoms with van der Waals surface area (Å²) in [4.78, 5) is 0. The Labute approximate surface area is 66.2 Å². The van der Waals surface area contributed by atoms with Crippen LogP contribution in [0.3, 0.4) is 0 Å². The molecular formula is C7H25N3. The van der Waals surface area contributed by atoms with Crippen molar-refractivity contribution in [1.29, 1.82) is 0 Å². The molecule has 10 heavy (non-hydrogen) atoms. The lowest BCUT2D eigenvalue weighted by Gasteiger charge is -1.95. The molecule has 0 aromatic carbocycles. The van der Waals surface area contributed by atoms with E-state index in [4.69, 9.17) is 11.5 Å². The van der Waals surface area contributed by atoms with Crippen molar-refractivity contribution in [1.82, 2.24) is 5.32 Å². The Kier molecular flexibility index (Phi) is 52.2. The van der Waals surface area contributed by atoms with Gasteiger partial charge >= 0.3 is 0 Å². The number of hydrogen-bond acceptors (Lipinski definition) is 3. The summed E-state index contributed by atoms with van der Waals surface area (Å²) in [5.74, 6) is 0. The first-order valence-electron chi connectivity index (χ1n) is 2.52. The van der Waals surface area contributed by atoms with Crippen LogP contribution < -0.4 is 16.8 Å². The summed E-state index contributed by atoms with van der Waals surface area (Å²) in [6.07, 6.45) is 0. The molecule has 0 amide bonds. The van der Waals surface area contributed by atoms with Crippen LogP contribution in [0, 0.1) is 0 Å². The minimum absolute atomic E-state index is 0. The number of rotatable bonds is 4. The molecule has 0 aliphatic rings. The standard InChI is InChI=1S/C4H13N3.3CH4/c5-1-3-7-4-2-6;;;/h7H,1-6H2;3*1H4. The SMILES string of the molecule is C.C.C.NCCNCCN. The van der Waals surface area contributed by atoms with Crippen LogP contribution in [0.15, 0.2) is 0 Å². The summed E-state index contributed by atoms with van der Waals surface area (Å²) in [6, 6.07) is 0. The minimum Gasteiger partial charge on any atom is -0.329 e. The predicted octanol–water partition coefficient (Wildman–Crippen LogP) is 0.402. The van der Waals surface area contributed by atoms with E-state index in [2.05, 4.69) is 5.32 Å². The summed E-state index contributed by atoms with van der Waals surface area (Å²) in [6.45, 7) is 3.13. The topological polar surface area (TPSA) is 64.1 Å². The van der Waals surface area contributed by atoms with Crippen molar-refractivity contribution in [3.05, 3.63) is 0 Å². The van der Waals surface area contributed by atoms with E-state index in [0.717, 1.165) is 13.1 Å². The van der Waals surface area contributed by atoms with Crippen LogP contribution in [0.25, 0.3) is 0 Å². The van der Waals surface area contributed by atoms with Crippen molar-refractivity contribution < 1.29 is 0 Å². The van der Waals surface area contributed by atoms with Gasteiger partial charge in [0.15, 0.2) is 0 Å².